The molecular weight excluding hydrogens is 436 g/mol. The molecule has 0 fully saturated rings. The second kappa shape index (κ2) is 9.49. The van der Waals surface area contributed by atoms with Crippen LogP contribution in [0.3, 0.4) is 0 Å². The van der Waals surface area contributed by atoms with E-state index in [2.05, 4.69) is 71.5 Å². The standard InChI is InChI=1S/4C4H7.2Sb/c4*1-4(2)3;;/h4*1H,2-3H3;;. The van der Waals surface area contributed by atoms with E-state index >= 15 is 0 Å². The Bertz CT molecular complexity index is 294. The van der Waals surface area contributed by atoms with Gasteiger partial charge < -0.3 is 0 Å². The van der Waals surface area contributed by atoms with Gasteiger partial charge >= 0.3 is 126 Å². The van der Waals surface area contributed by atoms with Gasteiger partial charge in [-0.1, -0.05) is 0 Å². The third kappa shape index (κ3) is 9.52. The SMILES string of the molecule is CC(C)=[CH][Sb]([CH]=C(C)C)[Sb]([CH]=C(C)C)[CH]=C(C)C. The second-order valence-corrected chi connectivity index (χ2v) is 30.6. The first-order valence-corrected chi connectivity index (χ1v) is 21.1. The van der Waals surface area contributed by atoms with Gasteiger partial charge in [0.05, 0.1) is 0 Å². The Morgan fingerprint density at radius 3 is 0.722 bits per heavy atom. The molecule has 0 unspecified atom stereocenters. The minimum atomic E-state index is -1.36. The summed E-state index contributed by atoms with van der Waals surface area (Å²) in [7, 11) is 0. The van der Waals surface area contributed by atoms with E-state index in [4.69, 9.17) is 0 Å². The van der Waals surface area contributed by atoms with Crippen LogP contribution in [0.1, 0.15) is 55.4 Å². The Morgan fingerprint density at radius 1 is 0.444 bits per heavy atom. The van der Waals surface area contributed by atoms with Gasteiger partial charge in [0, 0.05) is 0 Å². The van der Waals surface area contributed by atoms with Crippen molar-refractivity contribution in [2.45, 2.75) is 55.4 Å². The Kier molecular flexibility index (Phi) is 9.81. The molecule has 0 aromatic heterocycles. The topological polar surface area (TPSA) is 0 Å². The molecule has 102 valence electrons. The molecule has 0 aliphatic carbocycles. The van der Waals surface area contributed by atoms with Crippen LogP contribution in [0.5, 0.6) is 0 Å². The summed E-state index contributed by atoms with van der Waals surface area (Å²) >= 11 is -2.71. The van der Waals surface area contributed by atoms with Crippen molar-refractivity contribution in [3.8, 4) is 0 Å². The molecule has 0 spiro atoms. The van der Waals surface area contributed by atoms with Gasteiger partial charge in [0.25, 0.3) is 0 Å². The predicted molar refractivity (Wildman–Crippen MR) is 89.2 cm³/mol. The summed E-state index contributed by atoms with van der Waals surface area (Å²) in [5.74, 6) is 0. The van der Waals surface area contributed by atoms with E-state index in [9.17, 15) is 0 Å². The molecule has 0 heterocycles. The maximum absolute atomic E-state index is 2.64. The fraction of sp³-hybridized carbons (Fsp3) is 0.500. The van der Waals surface area contributed by atoms with E-state index in [0.29, 0.717) is 0 Å². The van der Waals surface area contributed by atoms with E-state index in [0.717, 1.165) is 0 Å². The molecule has 0 aromatic carbocycles. The monoisotopic (exact) mass is 462 g/mol. The molecule has 0 aliphatic heterocycles. The molecule has 0 saturated carbocycles. The van der Waals surface area contributed by atoms with Gasteiger partial charge in [0.15, 0.2) is 0 Å². The third-order valence-electron chi connectivity index (χ3n) is 1.83. The van der Waals surface area contributed by atoms with Crippen molar-refractivity contribution in [1.29, 1.82) is 0 Å². The summed E-state index contributed by atoms with van der Waals surface area (Å²) in [4.78, 5) is 0. The van der Waals surface area contributed by atoms with Crippen LogP contribution < -0.4 is 0 Å². The summed E-state index contributed by atoms with van der Waals surface area (Å²) in [6, 6.07) is 0. The van der Waals surface area contributed by atoms with Gasteiger partial charge in [0.2, 0.25) is 0 Å². The molecule has 0 amide bonds. The Balaban J connectivity index is 5.48. The van der Waals surface area contributed by atoms with Crippen molar-refractivity contribution in [3.05, 3.63) is 38.4 Å². The van der Waals surface area contributed by atoms with Crippen LogP contribution in [0.4, 0.5) is 0 Å². The van der Waals surface area contributed by atoms with Crippen LogP contribution in [-0.2, 0) is 0 Å². The normalized spacial score (nSPS) is 10.1. The zero-order valence-corrected chi connectivity index (χ0v) is 18.3. The molecule has 2 heteroatoms. The fourth-order valence-corrected chi connectivity index (χ4v) is 37.3. The van der Waals surface area contributed by atoms with Crippen LogP contribution in [0.25, 0.3) is 0 Å². The summed E-state index contributed by atoms with van der Waals surface area (Å²) < 4.78 is 10.5. The van der Waals surface area contributed by atoms with Gasteiger partial charge in [-0.15, -0.1) is 0 Å². The van der Waals surface area contributed by atoms with Gasteiger partial charge in [0.1, 0.15) is 0 Å². The van der Waals surface area contributed by atoms with Crippen molar-refractivity contribution in [3.63, 3.8) is 0 Å². The molecule has 0 saturated heterocycles. The van der Waals surface area contributed by atoms with Crippen molar-refractivity contribution in [2.24, 2.45) is 0 Å². The van der Waals surface area contributed by atoms with Gasteiger partial charge in [-0.2, -0.15) is 0 Å². The molecule has 0 aromatic rings. The van der Waals surface area contributed by atoms with E-state index in [-0.39, 0.29) is 0 Å². The molecular formula is C16H28Sb2. The minimum absolute atomic E-state index is 1.36. The van der Waals surface area contributed by atoms with Crippen molar-refractivity contribution < 1.29 is 0 Å². The number of hydrogen-bond acceptors (Lipinski definition) is 0. The molecule has 0 nitrogen and oxygen atoms in total. The molecule has 0 radical (unpaired) electrons. The van der Waals surface area contributed by atoms with Crippen molar-refractivity contribution in [2.75, 3.05) is 0 Å². The van der Waals surface area contributed by atoms with Gasteiger partial charge in [-0.25, -0.2) is 0 Å². The Hall–Kier alpha value is 0.596. The fourth-order valence-electron chi connectivity index (χ4n) is 1.40. The van der Waals surface area contributed by atoms with Crippen LogP contribution in [0.15, 0.2) is 38.4 Å². The first kappa shape index (κ1) is 18.6. The molecule has 18 heavy (non-hydrogen) atoms. The average Bonchev–Trinajstić information content (AvgIpc) is 2.12. The van der Waals surface area contributed by atoms with E-state index < -0.39 is 32.1 Å². The van der Waals surface area contributed by atoms with Crippen LogP contribution in [0.2, 0.25) is 0 Å². The molecule has 0 rings (SSSR count). The number of rotatable bonds is 5. The predicted octanol–water partition coefficient (Wildman–Crippen LogP) is 5.08. The number of allylic oxidation sites excluding steroid dienone is 4. The number of hydrogen-bond donors (Lipinski definition) is 0. The zero-order valence-electron chi connectivity index (χ0n) is 13.2. The summed E-state index contributed by atoms with van der Waals surface area (Å²) in [6.45, 7) is 18.0. The van der Waals surface area contributed by atoms with Gasteiger partial charge in [-0.3, -0.25) is 0 Å². The summed E-state index contributed by atoms with van der Waals surface area (Å²) in [5.41, 5.74) is 6.03. The summed E-state index contributed by atoms with van der Waals surface area (Å²) in [5, 5.41) is 0. The van der Waals surface area contributed by atoms with Gasteiger partial charge in [-0.05, 0) is 0 Å². The quantitative estimate of drug-likeness (QED) is 0.499. The second-order valence-electron chi connectivity index (χ2n) is 5.59. The van der Waals surface area contributed by atoms with E-state index in [1.54, 1.807) is 0 Å². The van der Waals surface area contributed by atoms with E-state index in [1.807, 2.05) is 0 Å². The van der Waals surface area contributed by atoms with Crippen LogP contribution in [0, 0.1) is 0 Å². The third-order valence-corrected chi connectivity index (χ3v) is 31.3. The maximum atomic E-state index is 2.64. The van der Waals surface area contributed by atoms with Crippen molar-refractivity contribution in [1.82, 2.24) is 0 Å². The Labute approximate surface area is 125 Å². The molecule has 0 N–H and O–H groups in total. The molecule has 0 aliphatic rings. The average molecular weight is 464 g/mol. The molecule has 0 atom stereocenters. The summed E-state index contributed by atoms with van der Waals surface area (Å²) in [6.07, 6.45) is 0. The first-order chi connectivity index (χ1) is 8.22. The zero-order chi connectivity index (χ0) is 14.3. The molecule has 0 bridgehead atoms. The van der Waals surface area contributed by atoms with E-state index in [1.165, 1.54) is 22.3 Å². The van der Waals surface area contributed by atoms with Crippen LogP contribution >= 0.6 is 0 Å². The Morgan fingerprint density at radius 2 is 0.611 bits per heavy atom. The first-order valence-electron chi connectivity index (χ1n) is 6.39. The van der Waals surface area contributed by atoms with Crippen LogP contribution in [-0.4, -0.2) is 32.1 Å². The van der Waals surface area contributed by atoms with Crippen molar-refractivity contribution >= 4 is 32.1 Å².